The van der Waals surface area contributed by atoms with Crippen LogP contribution in [0.2, 0.25) is 0 Å². The molecular formula is C24H30N6O2. The molecule has 1 aliphatic rings. The van der Waals surface area contributed by atoms with E-state index in [9.17, 15) is 9.90 Å². The lowest BCUT2D eigenvalue weighted by atomic mass is 10.0. The molecule has 0 aliphatic carbocycles. The Morgan fingerprint density at radius 2 is 2.06 bits per heavy atom. The molecule has 0 bridgehead atoms. The lowest BCUT2D eigenvalue weighted by molar-refractivity contribution is -0.0137. The van der Waals surface area contributed by atoms with Crippen molar-refractivity contribution < 1.29 is 9.90 Å². The lowest BCUT2D eigenvalue weighted by Gasteiger charge is -2.32. The number of anilines is 1. The molecular weight excluding hydrogens is 404 g/mol. The van der Waals surface area contributed by atoms with Crippen molar-refractivity contribution in [2.45, 2.75) is 25.6 Å². The van der Waals surface area contributed by atoms with Gasteiger partial charge >= 0.3 is 0 Å². The molecule has 0 spiro atoms. The molecule has 2 aromatic heterocycles. The Hall–Kier alpha value is -3.23. The second-order valence-corrected chi connectivity index (χ2v) is 8.64. The number of likely N-dealkylation sites (N-methyl/N-ethyl adjacent to an activating group) is 1. The molecule has 1 amide bonds. The van der Waals surface area contributed by atoms with Crippen LogP contribution in [0.1, 0.15) is 21.5 Å². The van der Waals surface area contributed by atoms with Crippen molar-refractivity contribution in [2.75, 3.05) is 38.5 Å². The monoisotopic (exact) mass is 434 g/mol. The van der Waals surface area contributed by atoms with Gasteiger partial charge in [0.05, 0.1) is 13.1 Å². The number of hydrogen-bond acceptors (Lipinski definition) is 6. The quantitative estimate of drug-likeness (QED) is 0.617. The fourth-order valence-corrected chi connectivity index (χ4v) is 4.15. The summed E-state index contributed by atoms with van der Waals surface area (Å²) in [7, 11) is 1.97. The first kappa shape index (κ1) is 22.0. The fourth-order valence-electron chi connectivity index (χ4n) is 4.15. The second-order valence-electron chi connectivity index (χ2n) is 8.64. The molecule has 8 nitrogen and oxygen atoms in total. The number of pyridine rings is 1. The van der Waals surface area contributed by atoms with Crippen molar-refractivity contribution >= 4 is 11.6 Å². The van der Waals surface area contributed by atoms with Gasteiger partial charge in [-0.2, -0.15) is 5.10 Å². The van der Waals surface area contributed by atoms with E-state index < -0.39 is 5.60 Å². The van der Waals surface area contributed by atoms with E-state index in [0.29, 0.717) is 38.3 Å². The van der Waals surface area contributed by atoms with Crippen molar-refractivity contribution in [2.24, 2.45) is 0 Å². The van der Waals surface area contributed by atoms with Gasteiger partial charge in [-0.15, -0.1) is 0 Å². The Morgan fingerprint density at radius 3 is 2.81 bits per heavy atom. The highest BCUT2D eigenvalue weighted by Crippen LogP contribution is 2.22. The van der Waals surface area contributed by atoms with Crippen LogP contribution in [0.15, 0.2) is 61.2 Å². The molecule has 8 heteroatoms. The minimum atomic E-state index is -1.08. The van der Waals surface area contributed by atoms with E-state index in [-0.39, 0.29) is 12.5 Å². The number of hydrogen-bond donors (Lipinski definition) is 2. The van der Waals surface area contributed by atoms with Gasteiger partial charge in [-0.25, -0.2) is 0 Å². The van der Waals surface area contributed by atoms with Crippen LogP contribution in [-0.4, -0.2) is 74.4 Å². The average Bonchev–Trinajstić information content (AvgIpc) is 3.23. The van der Waals surface area contributed by atoms with Gasteiger partial charge in [-0.05, 0) is 49.4 Å². The zero-order valence-corrected chi connectivity index (χ0v) is 18.6. The first-order chi connectivity index (χ1) is 15.4. The first-order valence-electron chi connectivity index (χ1n) is 10.8. The Bertz CT molecular complexity index is 1040. The van der Waals surface area contributed by atoms with Gasteiger partial charge in [0.2, 0.25) is 0 Å². The maximum Gasteiger partial charge on any atom is 0.254 e. The number of nitrogens with one attached hydrogen (secondary N) is 1. The van der Waals surface area contributed by atoms with Crippen LogP contribution in [0.3, 0.4) is 0 Å². The maximum absolute atomic E-state index is 13.4. The number of amides is 1. The summed E-state index contributed by atoms with van der Waals surface area (Å²) in [5.74, 6) is -0.0800. The Labute approximate surface area is 188 Å². The van der Waals surface area contributed by atoms with E-state index >= 15 is 0 Å². The molecule has 1 atom stereocenters. The van der Waals surface area contributed by atoms with E-state index in [2.05, 4.69) is 20.3 Å². The molecule has 168 valence electrons. The molecule has 0 saturated carbocycles. The van der Waals surface area contributed by atoms with Crippen LogP contribution in [0.4, 0.5) is 5.69 Å². The van der Waals surface area contributed by atoms with Crippen LogP contribution in [-0.2, 0) is 13.1 Å². The topological polar surface area (TPSA) is 86.5 Å². The Balaban J connectivity index is 1.50. The van der Waals surface area contributed by atoms with Crippen LogP contribution >= 0.6 is 0 Å². The maximum atomic E-state index is 13.4. The molecule has 1 saturated heterocycles. The van der Waals surface area contributed by atoms with Crippen LogP contribution < -0.4 is 5.32 Å². The van der Waals surface area contributed by atoms with E-state index in [1.165, 1.54) is 0 Å². The fraction of sp³-hybridized carbons (Fsp3) is 0.375. The summed E-state index contributed by atoms with van der Waals surface area (Å²) in [6.07, 6.45) is 7.10. The van der Waals surface area contributed by atoms with Crippen molar-refractivity contribution in [3.8, 4) is 0 Å². The number of aromatic nitrogens is 3. The number of nitrogens with zero attached hydrogens (tertiary/aromatic N) is 5. The second kappa shape index (κ2) is 9.50. The van der Waals surface area contributed by atoms with Gasteiger partial charge in [0.15, 0.2) is 0 Å². The SMILES string of the molecule is Cc1ccc(C(=O)N2CCN(C)C[C@@](O)(Cn3cccn3)C2)cc1NCc1cccnc1. The standard InChI is InChI=1S/C24H30N6O2/c1-19-6-7-21(13-22(19)26-15-20-5-3-8-25-14-20)23(31)29-12-11-28(2)16-24(32,17-29)18-30-10-4-9-27-30/h3-10,13-14,26,32H,11-12,15-18H2,1-2H3/t24-/m0/s1. The highest BCUT2D eigenvalue weighted by atomic mass is 16.3. The summed E-state index contributed by atoms with van der Waals surface area (Å²) in [5, 5.41) is 19.0. The normalized spacial score (nSPS) is 19.5. The third kappa shape index (κ3) is 5.33. The van der Waals surface area contributed by atoms with E-state index in [0.717, 1.165) is 16.8 Å². The highest BCUT2D eigenvalue weighted by Gasteiger charge is 2.36. The number of aryl methyl sites for hydroxylation is 1. The predicted molar refractivity (Wildman–Crippen MR) is 123 cm³/mol. The van der Waals surface area contributed by atoms with Crippen LogP contribution in [0, 0.1) is 6.92 Å². The summed E-state index contributed by atoms with van der Waals surface area (Å²) < 4.78 is 1.72. The smallest absolute Gasteiger partial charge is 0.254 e. The Kier molecular flexibility index (Phi) is 6.53. The predicted octanol–water partition coefficient (Wildman–Crippen LogP) is 2.02. The summed E-state index contributed by atoms with van der Waals surface area (Å²) in [5.41, 5.74) is 2.58. The number of aliphatic hydroxyl groups is 1. The van der Waals surface area contributed by atoms with Gasteiger partial charge in [-0.3, -0.25) is 14.5 Å². The molecule has 4 rings (SSSR count). The molecule has 0 radical (unpaired) electrons. The summed E-state index contributed by atoms with van der Waals surface area (Å²) in [6.45, 7) is 4.97. The molecule has 1 aliphatic heterocycles. The van der Waals surface area contributed by atoms with E-state index in [1.807, 2.05) is 62.8 Å². The van der Waals surface area contributed by atoms with Crippen molar-refractivity contribution in [1.82, 2.24) is 24.6 Å². The zero-order chi connectivity index (χ0) is 22.6. The number of benzene rings is 1. The zero-order valence-electron chi connectivity index (χ0n) is 18.6. The van der Waals surface area contributed by atoms with Crippen molar-refractivity contribution in [1.29, 1.82) is 0 Å². The summed E-state index contributed by atoms with van der Waals surface area (Å²) in [4.78, 5) is 21.4. The van der Waals surface area contributed by atoms with Gasteiger partial charge in [0.25, 0.3) is 5.91 Å². The molecule has 1 aromatic carbocycles. The van der Waals surface area contributed by atoms with Gasteiger partial charge in [0.1, 0.15) is 5.60 Å². The number of rotatable bonds is 6. The van der Waals surface area contributed by atoms with Crippen LogP contribution in [0.5, 0.6) is 0 Å². The van der Waals surface area contributed by atoms with E-state index in [1.54, 1.807) is 22.0 Å². The molecule has 1 fully saturated rings. The first-order valence-corrected chi connectivity index (χ1v) is 10.8. The largest absolute Gasteiger partial charge is 0.385 e. The number of carbonyl (C=O) groups is 1. The Morgan fingerprint density at radius 1 is 1.19 bits per heavy atom. The molecule has 3 aromatic rings. The summed E-state index contributed by atoms with van der Waals surface area (Å²) >= 11 is 0. The minimum Gasteiger partial charge on any atom is -0.385 e. The number of β-amino-alcohol motifs (C(OH)–C–C–N with tert-alkyl or cyclic N) is 1. The third-order valence-corrected chi connectivity index (χ3v) is 5.79. The number of carbonyl (C=O) groups excluding carboxylic acids is 1. The van der Waals surface area contributed by atoms with Crippen LogP contribution in [0.25, 0.3) is 0 Å². The molecule has 2 N–H and O–H groups in total. The van der Waals surface area contributed by atoms with Crippen molar-refractivity contribution in [3.05, 3.63) is 77.9 Å². The van der Waals surface area contributed by atoms with Gasteiger partial charge in [-0.1, -0.05) is 12.1 Å². The third-order valence-electron chi connectivity index (χ3n) is 5.79. The van der Waals surface area contributed by atoms with E-state index in [4.69, 9.17) is 0 Å². The summed E-state index contributed by atoms with van der Waals surface area (Å²) in [6, 6.07) is 11.5. The van der Waals surface area contributed by atoms with Crippen molar-refractivity contribution in [3.63, 3.8) is 0 Å². The van der Waals surface area contributed by atoms with Gasteiger partial charge < -0.3 is 20.2 Å². The average molecular weight is 435 g/mol. The highest BCUT2D eigenvalue weighted by molar-refractivity contribution is 5.95. The lowest BCUT2D eigenvalue weighted by Crippen LogP contribution is -2.50. The molecule has 32 heavy (non-hydrogen) atoms. The minimum absolute atomic E-state index is 0.0800. The van der Waals surface area contributed by atoms with Gasteiger partial charge in [0, 0.05) is 62.2 Å². The molecule has 0 unspecified atom stereocenters. The molecule has 3 heterocycles.